The molecule has 3 aromatic rings. The van der Waals surface area contributed by atoms with Crippen molar-refractivity contribution in [3.8, 4) is 5.82 Å². The van der Waals surface area contributed by atoms with Crippen molar-refractivity contribution in [2.75, 3.05) is 18.0 Å². The molecule has 0 bridgehead atoms. The quantitative estimate of drug-likeness (QED) is 0.716. The van der Waals surface area contributed by atoms with Crippen LogP contribution < -0.4 is 10.2 Å². The van der Waals surface area contributed by atoms with Crippen molar-refractivity contribution < 1.29 is 4.79 Å². The second-order valence-electron chi connectivity index (χ2n) is 8.16. The average Bonchev–Trinajstić information content (AvgIpc) is 3.26. The van der Waals surface area contributed by atoms with E-state index in [1.807, 2.05) is 41.2 Å². The molecule has 1 fully saturated rings. The minimum absolute atomic E-state index is 0.0134. The van der Waals surface area contributed by atoms with E-state index >= 15 is 0 Å². The molecule has 1 amide bonds. The van der Waals surface area contributed by atoms with Gasteiger partial charge in [-0.25, -0.2) is 9.67 Å². The molecule has 1 aliphatic heterocycles. The van der Waals surface area contributed by atoms with Gasteiger partial charge in [-0.2, -0.15) is 5.10 Å². The SMILES string of the molecule is O=C(N[C@@H]1CCCc2c1cnn2-c1ccccn1)c1ccc(N2CCCCC2)cc1. The number of carbonyl (C=O) groups excluding carboxylic acids is 1. The normalized spacial score (nSPS) is 18.7. The van der Waals surface area contributed by atoms with Crippen molar-refractivity contribution in [1.29, 1.82) is 0 Å². The van der Waals surface area contributed by atoms with Crippen molar-refractivity contribution in [2.45, 2.75) is 44.6 Å². The van der Waals surface area contributed by atoms with Crippen LogP contribution in [0.15, 0.2) is 54.9 Å². The first-order chi connectivity index (χ1) is 14.8. The Morgan fingerprint density at radius 2 is 1.83 bits per heavy atom. The first-order valence-electron chi connectivity index (χ1n) is 10.9. The van der Waals surface area contributed by atoms with Crippen LogP contribution in [0, 0.1) is 0 Å². The Bertz CT molecular complexity index is 1010. The second kappa shape index (κ2) is 8.30. The molecule has 6 heteroatoms. The summed E-state index contributed by atoms with van der Waals surface area (Å²) < 4.78 is 1.90. The highest BCUT2D eigenvalue weighted by atomic mass is 16.1. The van der Waals surface area contributed by atoms with E-state index in [0.717, 1.165) is 49.4 Å². The van der Waals surface area contributed by atoms with E-state index in [-0.39, 0.29) is 11.9 Å². The molecule has 5 rings (SSSR count). The van der Waals surface area contributed by atoms with Crippen molar-refractivity contribution in [3.05, 3.63) is 71.7 Å². The highest BCUT2D eigenvalue weighted by molar-refractivity contribution is 5.94. The van der Waals surface area contributed by atoms with E-state index in [1.165, 1.54) is 24.9 Å². The zero-order valence-corrected chi connectivity index (χ0v) is 17.1. The highest BCUT2D eigenvalue weighted by Crippen LogP contribution is 2.31. The van der Waals surface area contributed by atoms with E-state index in [9.17, 15) is 4.79 Å². The maximum atomic E-state index is 12.9. The molecule has 1 aliphatic carbocycles. The van der Waals surface area contributed by atoms with E-state index in [2.05, 4.69) is 32.4 Å². The molecule has 1 atom stereocenters. The van der Waals surface area contributed by atoms with Crippen LogP contribution in [-0.4, -0.2) is 33.8 Å². The molecular formula is C24H27N5O. The van der Waals surface area contributed by atoms with Gasteiger partial charge in [-0.15, -0.1) is 0 Å². The topological polar surface area (TPSA) is 63.1 Å². The third-order valence-corrected chi connectivity index (χ3v) is 6.21. The fourth-order valence-corrected chi connectivity index (χ4v) is 4.60. The lowest BCUT2D eigenvalue weighted by Gasteiger charge is -2.29. The smallest absolute Gasteiger partial charge is 0.251 e. The van der Waals surface area contributed by atoms with E-state index in [4.69, 9.17) is 0 Å². The van der Waals surface area contributed by atoms with Crippen molar-refractivity contribution in [3.63, 3.8) is 0 Å². The van der Waals surface area contributed by atoms with E-state index < -0.39 is 0 Å². The summed E-state index contributed by atoms with van der Waals surface area (Å²) in [7, 11) is 0. The maximum Gasteiger partial charge on any atom is 0.251 e. The number of benzene rings is 1. The third-order valence-electron chi connectivity index (χ3n) is 6.21. The number of aromatic nitrogens is 3. The Hall–Kier alpha value is -3.15. The first kappa shape index (κ1) is 18.9. The van der Waals surface area contributed by atoms with Crippen LogP contribution in [0.2, 0.25) is 0 Å². The Morgan fingerprint density at radius 1 is 1.00 bits per heavy atom. The van der Waals surface area contributed by atoms with Crippen LogP contribution in [0.25, 0.3) is 5.82 Å². The Morgan fingerprint density at radius 3 is 2.60 bits per heavy atom. The van der Waals surface area contributed by atoms with Gasteiger partial charge in [-0.1, -0.05) is 6.07 Å². The summed E-state index contributed by atoms with van der Waals surface area (Å²) in [6.07, 6.45) is 10.4. The van der Waals surface area contributed by atoms with Crippen molar-refractivity contribution in [1.82, 2.24) is 20.1 Å². The van der Waals surface area contributed by atoms with Crippen LogP contribution in [-0.2, 0) is 6.42 Å². The molecular weight excluding hydrogens is 374 g/mol. The number of rotatable bonds is 4. The molecule has 0 radical (unpaired) electrons. The lowest BCUT2D eigenvalue weighted by molar-refractivity contribution is 0.0932. The number of nitrogens with one attached hydrogen (secondary N) is 1. The first-order valence-corrected chi connectivity index (χ1v) is 10.9. The number of amides is 1. The van der Waals surface area contributed by atoms with Gasteiger partial charge < -0.3 is 10.2 Å². The van der Waals surface area contributed by atoms with Crippen LogP contribution in [0.5, 0.6) is 0 Å². The van der Waals surface area contributed by atoms with Gasteiger partial charge in [0.15, 0.2) is 5.82 Å². The van der Waals surface area contributed by atoms with Crippen LogP contribution >= 0.6 is 0 Å². The fourth-order valence-electron chi connectivity index (χ4n) is 4.60. The van der Waals surface area contributed by atoms with E-state index in [1.54, 1.807) is 6.20 Å². The summed E-state index contributed by atoms with van der Waals surface area (Å²) >= 11 is 0. The minimum Gasteiger partial charge on any atom is -0.372 e. The Balaban J connectivity index is 1.31. The molecule has 2 aromatic heterocycles. The number of carbonyl (C=O) groups is 1. The van der Waals surface area contributed by atoms with Crippen LogP contribution in [0.1, 0.15) is 59.8 Å². The molecule has 1 aromatic carbocycles. The predicted octanol–water partition coefficient (Wildman–Crippen LogP) is 4.07. The molecule has 0 unspecified atom stereocenters. The third kappa shape index (κ3) is 3.70. The number of piperidine rings is 1. The Kier molecular flexibility index (Phi) is 5.22. The largest absolute Gasteiger partial charge is 0.372 e. The summed E-state index contributed by atoms with van der Waals surface area (Å²) in [6, 6.07) is 13.9. The van der Waals surface area contributed by atoms with Gasteiger partial charge in [0.25, 0.3) is 5.91 Å². The number of nitrogens with zero attached hydrogens (tertiary/aromatic N) is 4. The number of hydrogen-bond acceptors (Lipinski definition) is 4. The van der Waals surface area contributed by atoms with Gasteiger partial charge in [-0.3, -0.25) is 4.79 Å². The molecule has 0 spiro atoms. The summed E-state index contributed by atoms with van der Waals surface area (Å²) in [5.74, 6) is 0.794. The van der Waals surface area contributed by atoms with Gasteiger partial charge in [0.1, 0.15) is 0 Å². The Labute approximate surface area is 176 Å². The van der Waals surface area contributed by atoms with E-state index in [0.29, 0.717) is 5.56 Å². The van der Waals surface area contributed by atoms with Gasteiger partial charge in [0.05, 0.1) is 17.9 Å². The molecule has 1 N–H and O–H groups in total. The lowest BCUT2D eigenvalue weighted by Crippen LogP contribution is -2.31. The summed E-state index contributed by atoms with van der Waals surface area (Å²) in [5.41, 5.74) is 4.17. The molecule has 3 heterocycles. The van der Waals surface area contributed by atoms with Crippen molar-refractivity contribution >= 4 is 11.6 Å². The molecule has 6 nitrogen and oxygen atoms in total. The van der Waals surface area contributed by atoms with Crippen molar-refractivity contribution in [2.24, 2.45) is 0 Å². The summed E-state index contributed by atoms with van der Waals surface area (Å²) in [4.78, 5) is 19.7. The zero-order chi connectivity index (χ0) is 20.3. The monoisotopic (exact) mass is 401 g/mol. The number of anilines is 1. The fraction of sp³-hybridized carbons (Fsp3) is 0.375. The zero-order valence-electron chi connectivity index (χ0n) is 17.1. The maximum absolute atomic E-state index is 12.9. The predicted molar refractivity (Wildman–Crippen MR) is 117 cm³/mol. The van der Waals surface area contributed by atoms with Gasteiger partial charge in [0, 0.05) is 36.1 Å². The van der Waals surface area contributed by atoms with Crippen LogP contribution in [0.4, 0.5) is 5.69 Å². The minimum atomic E-state index is -0.0244. The molecule has 154 valence electrons. The van der Waals surface area contributed by atoms with Gasteiger partial charge >= 0.3 is 0 Å². The number of hydrogen-bond donors (Lipinski definition) is 1. The summed E-state index contributed by atoms with van der Waals surface area (Å²) in [6.45, 7) is 2.22. The second-order valence-corrected chi connectivity index (χ2v) is 8.16. The molecule has 0 saturated carbocycles. The summed E-state index contributed by atoms with van der Waals surface area (Å²) in [5, 5.41) is 7.79. The molecule has 1 saturated heterocycles. The van der Waals surface area contributed by atoms with Gasteiger partial charge in [0.2, 0.25) is 0 Å². The molecule has 30 heavy (non-hydrogen) atoms. The standard InChI is InChI=1S/C24H27N5O/c30-24(18-10-12-19(13-11-18)28-15-4-1-5-16-28)27-21-7-6-8-22-20(21)17-26-29(22)23-9-2-3-14-25-23/h2-3,9-14,17,21H,1,4-8,15-16H2,(H,27,30)/t21-/m1/s1. The van der Waals surface area contributed by atoms with Crippen LogP contribution in [0.3, 0.4) is 0 Å². The average molecular weight is 402 g/mol. The number of pyridine rings is 1. The number of fused-ring (bicyclic) bond motifs is 1. The lowest BCUT2D eigenvalue weighted by atomic mass is 9.92. The molecule has 2 aliphatic rings. The highest BCUT2D eigenvalue weighted by Gasteiger charge is 2.26. The van der Waals surface area contributed by atoms with Gasteiger partial charge in [-0.05, 0) is 74.9 Å².